The number of aromatic amines is 1. The van der Waals surface area contributed by atoms with E-state index in [1.54, 1.807) is 24.8 Å². The maximum absolute atomic E-state index is 9.17. The van der Waals surface area contributed by atoms with E-state index in [1.807, 2.05) is 0 Å². The minimum atomic E-state index is 0.336. The van der Waals surface area contributed by atoms with Gasteiger partial charge in [0.15, 0.2) is 0 Å². The molecule has 0 radical (unpaired) electrons. The Morgan fingerprint density at radius 1 is 1.47 bits per heavy atom. The van der Waals surface area contributed by atoms with E-state index in [1.165, 1.54) is 0 Å². The quantitative estimate of drug-likeness (QED) is 0.877. The van der Waals surface area contributed by atoms with Crippen LogP contribution in [0.5, 0.6) is 0 Å². The summed E-state index contributed by atoms with van der Waals surface area (Å²) in [5.41, 5.74) is 1.59. The van der Waals surface area contributed by atoms with Crippen LogP contribution in [0.25, 0.3) is 0 Å². The maximum atomic E-state index is 9.17. The molecule has 6 heteroatoms. The number of nitrogens with one attached hydrogen (secondary N) is 1. The molecule has 6 nitrogen and oxygen atoms in total. The number of anilines is 1. The lowest BCUT2D eigenvalue weighted by atomic mass is 9.96. The van der Waals surface area contributed by atoms with Gasteiger partial charge in [-0.1, -0.05) is 0 Å². The summed E-state index contributed by atoms with van der Waals surface area (Å²) in [5, 5.41) is 16.0. The number of hydrogen-bond acceptors (Lipinski definition) is 5. The fourth-order valence-electron chi connectivity index (χ4n) is 2.56. The molecule has 2 aromatic heterocycles. The zero-order chi connectivity index (χ0) is 13.1. The highest BCUT2D eigenvalue weighted by Crippen LogP contribution is 2.29. The molecule has 1 unspecified atom stereocenters. The van der Waals surface area contributed by atoms with Gasteiger partial charge in [-0.05, 0) is 18.9 Å². The van der Waals surface area contributed by atoms with Crippen molar-refractivity contribution in [2.24, 2.45) is 0 Å². The molecule has 96 valence electrons. The molecule has 0 saturated carbocycles. The Balaban J connectivity index is 1.84. The van der Waals surface area contributed by atoms with Gasteiger partial charge in [0.05, 0.1) is 17.4 Å². The van der Waals surface area contributed by atoms with Crippen LogP contribution in [0.3, 0.4) is 0 Å². The van der Waals surface area contributed by atoms with E-state index in [2.05, 4.69) is 31.1 Å². The van der Waals surface area contributed by atoms with Gasteiger partial charge in [0.25, 0.3) is 0 Å². The lowest BCUT2D eigenvalue weighted by Gasteiger charge is -2.33. The van der Waals surface area contributed by atoms with Crippen molar-refractivity contribution in [1.82, 2.24) is 20.2 Å². The Morgan fingerprint density at radius 2 is 2.42 bits per heavy atom. The van der Waals surface area contributed by atoms with Crippen molar-refractivity contribution in [3.05, 3.63) is 36.2 Å². The van der Waals surface area contributed by atoms with Gasteiger partial charge in [0.2, 0.25) is 0 Å². The molecular formula is C13H14N6. The van der Waals surface area contributed by atoms with Crippen LogP contribution < -0.4 is 4.90 Å². The van der Waals surface area contributed by atoms with E-state index in [0.29, 0.717) is 11.5 Å². The monoisotopic (exact) mass is 254 g/mol. The molecule has 1 N–H and O–H groups in total. The highest BCUT2D eigenvalue weighted by Gasteiger charge is 2.24. The fraction of sp³-hybridized carbons (Fsp3) is 0.385. The number of nitrogens with zero attached hydrogens (tertiary/aromatic N) is 5. The van der Waals surface area contributed by atoms with Crippen LogP contribution in [0.2, 0.25) is 0 Å². The average Bonchev–Trinajstić information content (AvgIpc) is 3.01. The summed E-state index contributed by atoms with van der Waals surface area (Å²) in [6.45, 7) is 1.79. The standard InChI is InChI=1S/C13H14N6/c14-6-10-3-4-15-7-12(10)19-5-1-2-11(8-19)13-16-9-17-18-13/h3-4,7,9,11H,1-2,5,8H2,(H,16,17,18). The maximum Gasteiger partial charge on any atom is 0.137 e. The summed E-state index contributed by atoms with van der Waals surface area (Å²) < 4.78 is 0. The van der Waals surface area contributed by atoms with Crippen LogP contribution in [-0.4, -0.2) is 33.3 Å². The largest absolute Gasteiger partial charge is 0.368 e. The topological polar surface area (TPSA) is 81.5 Å². The minimum Gasteiger partial charge on any atom is -0.368 e. The predicted molar refractivity (Wildman–Crippen MR) is 69.5 cm³/mol. The molecule has 0 spiro atoms. The number of hydrogen-bond donors (Lipinski definition) is 1. The Hall–Kier alpha value is -2.42. The van der Waals surface area contributed by atoms with Crippen molar-refractivity contribution < 1.29 is 0 Å². The first-order valence-corrected chi connectivity index (χ1v) is 6.33. The number of rotatable bonds is 2. The number of aromatic nitrogens is 4. The summed E-state index contributed by atoms with van der Waals surface area (Å²) in [5.74, 6) is 1.26. The first-order valence-electron chi connectivity index (χ1n) is 6.33. The Morgan fingerprint density at radius 3 is 3.21 bits per heavy atom. The van der Waals surface area contributed by atoms with E-state index < -0.39 is 0 Å². The van der Waals surface area contributed by atoms with Crippen molar-refractivity contribution in [2.45, 2.75) is 18.8 Å². The van der Waals surface area contributed by atoms with Crippen LogP contribution >= 0.6 is 0 Å². The summed E-state index contributed by atoms with van der Waals surface area (Å²) in [6.07, 6.45) is 7.12. The van der Waals surface area contributed by atoms with E-state index in [4.69, 9.17) is 5.26 Å². The molecule has 2 aromatic rings. The molecule has 0 aliphatic carbocycles. The first kappa shape index (κ1) is 11.7. The third-order valence-corrected chi connectivity index (χ3v) is 3.50. The molecule has 1 aliphatic heterocycles. The lowest BCUT2D eigenvalue weighted by molar-refractivity contribution is 0.492. The molecule has 3 heterocycles. The van der Waals surface area contributed by atoms with E-state index in [-0.39, 0.29) is 0 Å². The van der Waals surface area contributed by atoms with Crippen LogP contribution in [0, 0.1) is 11.3 Å². The van der Waals surface area contributed by atoms with Crippen LogP contribution in [0.15, 0.2) is 24.8 Å². The van der Waals surface area contributed by atoms with Gasteiger partial charge >= 0.3 is 0 Å². The summed E-state index contributed by atoms with van der Waals surface area (Å²) >= 11 is 0. The van der Waals surface area contributed by atoms with Gasteiger partial charge in [-0.2, -0.15) is 10.4 Å². The number of nitriles is 1. The molecule has 0 aromatic carbocycles. The molecular weight excluding hydrogens is 240 g/mol. The van der Waals surface area contributed by atoms with Gasteiger partial charge in [-0.25, -0.2) is 4.98 Å². The fourth-order valence-corrected chi connectivity index (χ4v) is 2.56. The van der Waals surface area contributed by atoms with Crippen molar-refractivity contribution in [2.75, 3.05) is 18.0 Å². The highest BCUT2D eigenvalue weighted by atomic mass is 15.2. The SMILES string of the molecule is N#Cc1ccncc1N1CCCC(c2ncn[nH]2)C1. The zero-order valence-electron chi connectivity index (χ0n) is 10.5. The molecule has 3 rings (SSSR count). The van der Waals surface area contributed by atoms with Crippen molar-refractivity contribution in [1.29, 1.82) is 5.26 Å². The van der Waals surface area contributed by atoms with Crippen molar-refractivity contribution >= 4 is 5.69 Å². The normalized spacial score (nSPS) is 19.1. The van der Waals surface area contributed by atoms with Gasteiger partial charge in [-0.3, -0.25) is 10.1 Å². The van der Waals surface area contributed by atoms with Gasteiger partial charge in [-0.15, -0.1) is 0 Å². The van der Waals surface area contributed by atoms with Gasteiger partial charge < -0.3 is 4.90 Å². The van der Waals surface area contributed by atoms with E-state index in [0.717, 1.165) is 37.4 Å². The molecule has 1 fully saturated rings. The number of H-pyrrole nitrogens is 1. The highest BCUT2D eigenvalue weighted by molar-refractivity contribution is 5.58. The van der Waals surface area contributed by atoms with Gasteiger partial charge in [0, 0.05) is 25.2 Å². The second-order valence-electron chi connectivity index (χ2n) is 4.66. The second-order valence-corrected chi connectivity index (χ2v) is 4.66. The average molecular weight is 254 g/mol. The molecule has 19 heavy (non-hydrogen) atoms. The molecule has 0 bridgehead atoms. The van der Waals surface area contributed by atoms with Crippen molar-refractivity contribution in [3.63, 3.8) is 0 Å². The Labute approximate surface area is 111 Å². The third-order valence-electron chi connectivity index (χ3n) is 3.50. The van der Waals surface area contributed by atoms with Crippen LogP contribution in [0.1, 0.15) is 30.1 Å². The van der Waals surface area contributed by atoms with Crippen LogP contribution in [-0.2, 0) is 0 Å². The van der Waals surface area contributed by atoms with Gasteiger partial charge in [0.1, 0.15) is 18.2 Å². The molecule has 0 amide bonds. The molecule has 1 saturated heterocycles. The molecule has 1 aliphatic rings. The molecule has 1 atom stereocenters. The summed E-state index contributed by atoms with van der Waals surface area (Å²) in [4.78, 5) is 10.6. The zero-order valence-corrected chi connectivity index (χ0v) is 10.5. The Kier molecular flexibility index (Phi) is 3.11. The van der Waals surface area contributed by atoms with E-state index in [9.17, 15) is 0 Å². The summed E-state index contributed by atoms with van der Waals surface area (Å²) in [7, 11) is 0. The van der Waals surface area contributed by atoms with Crippen LogP contribution in [0.4, 0.5) is 5.69 Å². The van der Waals surface area contributed by atoms with Crippen molar-refractivity contribution in [3.8, 4) is 6.07 Å². The summed E-state index contributed by atoms with van der Waals surface area (Å²) in [6, 6.07) is 3.98. The minimum absolute atomic E-state index is 0.336. The third kappa shape index (κ3) is 2.27. The number of pyridine rings is 1. The number of piperidine rings is 1. The lowest BCUT2D eigenvalue weighted by Crippen LogP contribution is -2.35. The van der Waals surface area contributed by atoms with E-state index >= 15 is 0 Å². The smallest absolute Gasteiger partial charge is 0.137 e. The predicted octanol–water partition coefficient (Wildman–Crippen LogP) is 1.46. The Bertz CT molecular complexity index is 585. The second kappa shape index (κ2) is 5.06. The first-order chi connectivity index (χ1) is 9.38.